The monoisotopic (exact) mass is 268 g/mol. The molecule has 0 saturated heterocycles. The molecule has 0 radical (unpaired) electrons. The van der Waals surface area contributed by atoms with Crippen molar-refractivity contribution in [1.82, 2.24) is 4.98 Å². The molecule has 6 heteroatoms. The molecule has 2 aromatic rings. The second kappa shape index (κ2) is 3.47. The number of nitrogens with zero attached hydrogens (tertiary/aromatic N) is 2. The average molecular weight is 269 g/mol. The standard InChI is InChI=1S/C9H5BrN2O3/c10-6-2-1-5-7(12(14)15)3-4-11-8(5)9(6)13/h1-4,13H. The Balaban J connectivity index is 2.89. The highest BCUT2D eigenvalue weighted by Crippen LogP contribution is 2.34. The molecule has 0 atom stereocenters. The van der Waals surface area contributed by atoms with Crippen LogP contribution in [0.25, 0.3) is 10.9 Å². The minimum atomic E-state index is -0.503. The third kappa shape index (κ3) is 1.52. The quantitative estimate of drug-likeness (QED) is 0.637. The molecule has 1 heterocycles. The Morgan fingerprint density at radius 2 is 2.13 bits per heavy atom. The van der Waals surface area contributed by atoms with E-state index < -0.39 is 4.92 Å². The van der Waals surface area contributed by atoms with Gasteiger partial charge >= 0.3 is 0 Å². The Bertz CT molecular complexity index is 556. The summed E-state index contributed by atoms with van der Waals surface area (Å²) < 4.78 is 0.461. The van der Waals surface area contributed by atoms with Gasteiger partial charge < -0.3 is 5.11 Å². The van der Waals surface area contributed by atoms with Crippen molar-refractivity contribution >= 4 is 32.5 Å². The van der Waals surface area contributed by atoms with Crippen molar-refractivity contribution in [2.24, 2.45) is 0 Å². The number of phenolic OH excluding ortho intramolecular Hbond substituents is 1. The van der Waals surface area contributed by atoms with Gasteiger partial charge in [0.25, 0.3) is 5.69 Å². The number of fused-ring (bicyclic) bond motifs is 1. The molecule has 1 aromatic heterocycles. The second-order valence-corrected chi connectivity index (χ2v) is 3.73. The summed E-state index contributed by atoms with van der Waals surface area (Å²) in [5.41, 5.74) is 0.154. The van der Waals surface area contributed by atoms with E-state index in [4.69, 9.17) is 0 Å². The zero-order valence-corrected chi connectivity index (χ0v) is 8.93. The van der Waals surface area contributed by atoms with Crippen LogP contribution < -0.4 is 0 Å². The highest BCUT2D eigenvalue weighted by Gasteiger charge is 2.15. The van der Waals surface area contributed by atoms with Crippen LogP contribution in [0.15, 0.2) is 28.9 Å². The lowest BCUT2D eigenvalue weighted by Crippen LogP contribution is -1.91. The SMILES string of the molecule is O=[N+]([O-])c1ccnc2c(O)c(Br)ccc12. The van der Waals surface area contributed by atoms with Gasteiger partial charge in [0.15, 0.2) is 5.75 Å². The Morgan fingerprint density at radius 3 is 2.80 bits per heavy atom. The summed E-state index contributed by atoms with van der Waals surface area (Å²) in [6, 6.07) is 4.40. The van der Waals surface area contributed by atoms with Crippen molar-refractivity contribution in [2.75, 3.05) is 0 Å². The molecule has 76 valence electrons. The first-order chi connectivity index (χ1) is 7.11. The molecular formula is C9H5BrN2O3. The lowest BCUT2D eigenvalue weighted by atomic mass is 10.2. The van der Waals surface area contributed by atoms with Crippen LogP contribution in [0.4, 0.5) is 5.69 Å². The summed E-state index contributed by atoms with van der Waals surface area (Å²) in [7, 11) is 0. The number of pyridine rings is 1. The molecule has 5 nitrogen and oxygen atoms in total. The number of aromatic hydroxyl groups is 1. The van der Waals surface area contributed by atoms with Gasteiger partial charge in [-0.3, -0.25) is 15.1 Å². The number of rotatable bonds is 1. The predicted octanol–water partition coefficient (Wildman–Crippen LogP) is 2.61. The Morgan fingerprint density at radius 1 is 1.40 bits per heavy atom. The van der Waals surface area contributed by atoms with Crippen molar-refractivity contribution in [3.63, 3.8) is 0 Å². The van der Waals surface area contributed by atoms with Crippen LogP contribution in [-0.2, 0) is 0 Å². The Labute approximate surface area is 92.6 Å². The minimum Gasteiger partial charge on any atom is -0.505 e. The van der Waals surface area contributed by atoms with Gasteiger partial charge in [-0.05, 0) is 28.1 Å². The summed E-state index contributed by atoms with van der Waals surface area (Å²) in [5, 5.41) is 20.7. The van der Waals surface area contributed by atoms with Gasteiger partial charge in [0, 0.05) is 12.3 Å². The molecule has 15 heavy (non-hydrogen) atoms. The third-order valence-electron chi connectivity index (χ3n) is 2.01. The topological polar surface area (TPSA) is 76.3 Å². The van der Waals surface area contributed by atoms with Crippen LogP contribution in [0.5, 0.6) is 5.75 Å². The Hall–Kier alpha value is -1.69. The van der Waals surface area contributed by atoms with Gasteiger partial charge in [-0.25, -0.2) is 0 Å². The number of aromatic nitrogens is 1. The summed E-state index contributed by atoms with van der Waals surface area (Å²) in [6.45, 7) is 0. The number of nitro groups is 1. The maximum Gasteiger partial charge on any atom is 0.280 e. The van der Waals surface area contributed by atoms with E-state index in [2.05, 4.69) is 20.9 Å². The predicted molar refractivity (Wildman–Crippen MR) is 57.8 cm³/mol. The molecule has 0 bridgehead atoms. The van der Waals surface area contributed by atoms with E-state index in [-0.39, 0.29) is 17.0 Å². The largest absolute Gasteiger partial charge is 0.505 e. The molecule has 0 aliphatic heterocycles. The second-order valence-electron chi connectivity index (χ2n) is 2.88. The summed E-state index contributed by atoms with van der Waals surface area (Å²) >= 11 is 3.12. The number of phenols is 1. The number of hydrogen-bond donors (Lipinski definition) is 1. The number of benzene rings is 1. The average Bonchev–Trinajstić information content (AvgIpc) is 2.23. The normalized spacial score (nSPS) is 10.5. The van der Waals surface area contributed by atoms with Crippen molar-refractivity contribution in [1.29, 1.82) is 0 Å². The molecule has 0 aliphatic rings. The molecule has 0 amide bonds. The van der Waals surface area contributed by atoms with E-state index in [9.17, 15) is 15.2 Å². The molecule has 1 N–H and O–H groups in total. The lowest BCUT2D eigenvalue weighted by molar-refractivity contribution is -0.383. The first-order valence-corrected chi connectivity index (χ1v) is 4.81. The number of hydrogen-bond acceptors (Lipinski definition) is 4. The van der Waals surface area contributed by atoms with Crippen LogP contribution in [-0.4, -0.2) is 15.0 Å². The first-order valence-electron chi connectivity index (χ1n) is 4.02. The van der Waals surface area contributed by atoms with E-state index >= 15 is 0 Å². The zero-order valence-electron chi connectivity index (χ0n) is 7.35. The van der Waals surface area contributed by atoms with Gasteiger partial charge in [-0.1, -0.05) is 0 Å². The van der Waals surface area contributed by atoms with Crippen molar-refractivity contribution in [3.05, 3.63) is 39.0 Å². The molecule has 2 rings (SSSR count). The fraction of sp³-hybridized carbons (Fsp3) is 0. The summed E-state index contributed by atoms with van der Waals surface area (Å²) in [5.74, 6) is -0.0869. The number of halogens is 1. The molecule has 0 spiro atoms. The van der Waals surface area contributed by atoms with Crippen molar-refractivity contribution in [2.45, 2.75) is 0 Å². The molecule has 0 saturated carbocycles. The van der Waals surface area contributed by atoms with E-state index in [0.29, 0.717) is 9.86 Å². The fourth-order valence-electron chi connectivity index (χ4n) is 1.32. The minimum absolute atomic E-state index is 0.0669. The zero-order chi connectivity index (χ0) is 11.0. The first kappa shape index (κ1) is 9.85. The molecular weight excluding hydrogens is 264 g/mol. The van der Waals surface area contributed by atoms with Crippen LogP contribution in [0.2, 0.25) is 0 Å². The molecule has 1 aromatic carbocycles. The molecule has 0 unspecified atom stereocenters. The van der Waals surface area contributed by atoms with E-state index in [1.165, 1.54) is 12.3 Å². The third-order valence-corrected chi connectivity index (χ3v) is 2.65. The van der Waals surface area contributed by atoms with Gasteiger partial charge in [0.1, 0.15) is 5.52 Å². The van der Waals surface area contributed by atoms with Crippen molar-refractivity contribution < 1.29 is 10.0 Å². The van der Waals surface area contributed by atoms with Crippen LogP contribution >= 0.6 is 15.9 Å². The maximum absolute atomic E-state index is 10.7. The van der Waals surface area contributed by atoms with E-state index in [0.717, 1.165) is 0 Å². The van der Waals surface area contributed by atoms with Gasteiger partial charge in [-0.2, -0.15) is 0 Å². The van der Waals surface area contributed by atoms with Gasteiger partial charge in [0.2, 0.25) is 0 Å². The van der Waals surface area contributed by atoms with Gasteiger partial charge in [0.05, 0.1) is 14.8 Å². The highest BCUT2D eigenvalue weighted by atomic mass is 79.9. The maximum atomic E-state index is 10.7. The molecule has 0 fully saturated rings. The van der Waals surface area contributed by atoms with Crippen LogP contribution in [0.1, 0.15) is 0 Å². The Kier molecular flexibility index (Phi) is 2.28. The van der Waals surface area contributed by atoms with E-state index in [1.54, 1.807) is 12.1 Å². The van der Waals surface area contributed by atoms with Crippen LogP contribution in [0, 0.1) is 10.1 Å². The highest BCUT2D eigenvalue weighted by molar-refractivity contribution is 9.10. The van der Waals surface area contributed by atoms with E-state index in [1.807, 2.05) is 0 Å². The van der Waals surface area contributed by atoms with Crippen LogP contribution in [0.3, 0.4) is 0 Å². The smallest absolute Gasteiger partial charge is 0.280 e. The van der Waals surface area contributed by atoms with Crippen molar-refractivity contribution in [3.8, 4) is 5.75 Å². The summed E-state index contributed by atoms with van der Waals surface area (Å²) in [6.07, 6.45) is 1.30. The lowest BCUT2D eigenvalue weighted by Gasteiger charge is -2.02. The molecule has 0 aliphatic carbocycles. The fourth-order valence-corrected chi connectivity index (χ4v) is 1.64. The summed E-state index contributed by atoms with van der Waals surface area (Å²) in [4.78, 5) is 14.1. The van der Waals surface area contributed by atoms with Gasteiger partial charge in [-0.15, -0.1) is 0 Å².